The molecule has 0 aliphatic rings. The maximum Gasteiger partial charge on any atom is 0.00858 e. The summed E-state index contributed by atoms with van der Waals surface area (Å²) >= 11 is 3.41. The van der Waals surface area contributed by atoms with Gasteiger partial charge in [-0.3, -0.25) is 0 Å². The molecule has 0 aliphatic heterocycles. The molecule has 0 aromatic carbocycles. The minimum atomic E-state index is 0.758. The van der Waals surface area contributed by atoms with Gasteiger partial charge in [0.2, 0.25) is 0 Å². The van der Waals surface area contributed by atoms with Crippen LogP contribution in [0.1, 0.15) is 6.92 Å². The van der Waals surface area contributed by atoms with Crippen molar-refractivity contribution in [2.45, 2.75) is 17.8 Å². The molecule has 0 bridgehead atoms. The van der Waals surface area contributed by atoms with Crippen molar-refractivity contribution >= 4 is 26.2 Å². The van der Waals surface area contributed by atoms with Gasteiger partial charge in [-0.15, -0.1) is 0 Å². The minimum absolute atomic E-state index is 0.758. The number of hydrogen-bond acceptors (Lipinski definition) is 0. The normalized spacial score (nSPS) is 15.6. The lowest BCUT2D eigenvalue weighted by molar-refractivity contribution is 1.13. The van der Waals surface area contributed by atoms with Gasteiger partial charge in [-0.2, -0.15) is 0 Å². The topological polar surface area (TPSA) is 0 Å². The fraction of sp³-hybridized carbons (Fsp3) is 1.00. The first-order valence-electron chi connectivity index (χ1n) is 1.91. The molecule has 0 rings (SSSR count). The van der Waals surface area contributed by atoms with Crippen LogP contribution in [-0.4, -0.2) is 15.1 Å². The van der Waals surface area contributed by atoms with Crippen LogP contribution in [-0.2, 0) is 0 Å². The quantitative estimate of drug-likeness (QED) is 0.381. The Bertz CT molecular complexity index is 20.9. The van der Waals surface area contributed by atoms with E-state index in [-0.39, 0.29) is 0 Å². The second-order valence-corrected chi connectivity index (χ2v) is 3.57. The zero-order valence-corrected chi connectivity index (χ0v) is 7.25. The van der Waals surface area contributed by atoms with Crippen LogP contribution in [0.15, 0.2) is 0 Å². The second kappa shape index (κ2) is 2.91. The third kappa shape index (κ3) is 4.70. The van der Waals surface area contributed by atoms with Gasteiger partial charge in [0.05, 0.1) is 0 Å². The summed E-state index contributed by atoms with van der Waals surface area (Å²) in [7, 11) is 1.33. The van der Waals surface area contributed by atoms with Gasteiger partial charge in [0.15, 0.2) is 0 Å². The van der Waals surface area contributed by atoms with Crippen LogP contribution in [0.2, 0.25) is 6.04 Å². The molecule has 5 heavy (non-hydrogen) atoms. The Hall–Kier alpha value is 0.697. The Kier molecular flexibility index (Phi) is 3.32. The minimum Gasteiger partial charge on any atom is -0.0897 e. The van der Waals surface area contributed by atoms with Crippen molar-refractivity contribution in [1.29, 1.82) is 0 Å². The average molecular weight is 153 g/mol. The van der Waals surface area contributed by atoms with Crippen molar-refractivity contribution < 1.29 is 0 Å². The largest absolute Gasteiger partial charge is 0.0897 e. The Morgan fingerprint density at radius 2 is 2.20 bits per heavy atom. The molecule has 0 spiro atoms. The number of hydrogen-bond donors (Lipinski definition) is 0. The van der Waals surface area contributed by atoms with E-state index in [1.165, 1.54) is 16.3 Å². The predicted molar refractivity (Wildman–Crippen MR) is 33.1 cm³/mol. The van der Waals surface area contributed by atoms with Crippen LogP contribution in [0.4, 0.5) is 0 Å². The number of alkyl halides is 1. The Morgan fingerprint density at radius 3 is 2.20 bits per heavy atom. The SMILES string of the molecule is CC(Br)C[SiH3]. The molecule has 0 heterocycles. The van der Waals surface area contributed by atoms with Crippen molar-refractivity contribution in [3.8, 4) is 0 Å². The summed E-state index contributed by atoms with van der Waals surface area (Å²) in [5, 5.41) is 0. The van der Waals surface area contributed by atoms with Gasteiger partial charge in [0.25, 0.3) is 0 Å². The summed E-state index contributed by atoms with van der Waals surface area (Å²) < 4.78 is 0. The zero-order valence-electron chi connectivity index (χ0n) is 3.66. The van der Waals surface area contributed by atoms with Gasteiger partial charge in [-0.1, -0.05) is 28.9 Å². The lowest BCUT2D eigenvalue weighted by Gasteiger charge is -1.87. The molecule has 2 heteroatoms. The summed E-state index contributed by atoms with van der Waals surface area (Å²) in [5.74, 6) is 0. The zero-order chi connectivity index (χ0) is 4.28. The Morgan fingerprint density at radius 1 is 2.00 bits per heavy atom. The van der Waals surface area contributed by atoms with E-state index in [2.05, 4.69) is 22.9 Å². The van der Waals surface area contributed by atoms with Crippen molar-refractivity contribution in [2.75, 3.05) is 0 Å². The summed E-state index contributed by atoms with van der Waals surface area (Å²) in [5.41, 5.74) is 0. The van der Waals surface area contributed by atoms with Crippen molar-refractivity contribution in [2.24, 2.45) is 0 Å². The van der Waals surface area contributed by atoms with Crippen molar-refractivity contribution in [3.63, 3.8) is 0 Å². The van der Waals surface area contributed by atoms with Gasteiger partial charge in [-0.05, 0) is 0 Å². The first-order chi connectivity index (χ1) is 2.27. The molecule has 0 aromatic rings. The highest BCUT2D eigenvalue weighted by Gasteiger charge is 1.82. The van der Waals surface area contributed by atoms with Crippen molar-refractivity contribution in [1.82, 2.24) is 0 Å². The maximum atomic E-state index is 3.41. The van der Waals surface area contributed by atoms with E-state index in [4.69, 9.17) is 0 Å². The number of rotatable bonds is 1. The molecule has 0 saturated carbocycles. The van der Waals surface area contributed by atoms with Gasteiger partial charge < -0.3 is 0 Å². The molecule has 0 radical (unpaired) electrons. The molecule has 32 valence electrons. The molecule has 0 nitrogen and oxygen atoms in total. The molecule has 0 amide bonds. The lowest BCUT2D eigenvalue weighted by atomic mass is 10.6. The van der Waals surface area contributed by atoms with Gasteiger partial charge in [0, 0.05) is 15.1 Å². The van der Waals surface area contributed by atoms with Crippen LogP contribution in [0.3, 0.4) is 0 Å². The van der Waals surface area contributed by atoms with E-state index in [0.29, 0.717) is 0 Å². The Balaban J connectivity index is 2.54. The molecular weight excluding hydrogens is 144 g/mol. The maximum absolute atomic E-state index is 3.41. The molecule has 0 N–H and O–H groups in total. The van der Waals surface area contributed by atoms with Crippen LogP contribution >= 0.6 is 15.9 Å². The average Bonchev–Trinajstić information content (AvgIpc) is 1.38. The van der Waals surface area contributed by atoms with Crippen LogP contribution in [0.5, 0.6) is 0 Å². The molecular formula is C3H9BrSi. The molecule has 0 aromatic heterocycles. The van der Waals surface area contributed by atoms with Gasteiger partial charge >= 0.3 is 0 Å². The molecule has 0 fully saturated rings. The molecule has 1 atom stereocenters. The van der Waals surface area contributed by atoms with E-state index >= 15 is 0 Å². The summed E-state index contributed by atoms with van der Waals surface area (Å²) in [6.07, 6.45) is 0. The number of halogens is 1. The van der Waals surface area contributed by atoms with Gasteiger partial charge in [-0.25, -0.2) is 0 Å². The Labute approximate surface area is 44.5 Å². The lowest BCUT2D eigenvalue weighted by Crippen LogP contribution is -1.83. The monoisotopic (exact) mass is 152 g/mol. The molecule has 1 unspecified atom stereocenters. The smallest absolute Gasteiger partial charge is 0.00858 e. The fourth-order valence-corrected chi connectivity index (χ4v) is 0. The fourth-order valence-electron chi connectivity index (χ4n) is 0. The van der Waals surface area contributed by atoms with E-state index < -0.39 is 0 Å². The van der Waals surface area contributed by atoms with E-state index in [1.807, 2.05) is 0 Å². The summed E-state index contributed by atoms with van der Waals surface area (Å²) in [4.78, 5) is 0.758. The third-order valence-electron chi connectivity index (χ3n) is 0.563. The van der Waals surface area contributed by atoms with Crippen LogP contribution in [0, 0.1) is 0 Å². The predicted octanol–water partition coefficient (Wildman–Crippen LogP) is 0.553. The standard InChI is InChI=1S/C3H9BrSi/c1-3(4)2-5/h3H,2H2,1,5H3. The van der Waals surface area contributed by atoms with E-state index in [9.17, 15) is 0 Å². The highest BCUT2D eigenvalue weighted by atomic mass is 79.9. The highest BCUT2D eigenvalue weighted by molar-refractivity contribution is 9.09. The molecule has 0 saturated heterocycles. The summed E-state index contributed by atoms with van der Waals surface area (Å²) in [6, 6.07) is 1.36. The van der Waals surface area contributed by atoms with Crippen molar-refractivity contribution in [3.05, 3.63) is 0 Å². The van der Waals surface area contributed by atoms with Crippen LogP contribution < -0.4 is 0 Å². The first-order valence-corrected chi connectivity index (χ1v) is 4.24. The second-order valence-electron chi connectivity index (χ2n) is 1.19. The first kappa shape index (κ1) is 5.70. The van der Waals surface area contributed by atoms with Gasteiger partial charge in [0.1, 0.15) is 0 Å². The van der Waals surface area contributed by atoms with E-state index in [0.717, 1.165) is 4.83 Å². The molecule has 0 aliphatic carbocycles. The van der Waals surface area contributed by atoms with Crippen LogP contribution in [0.25, 0.3) is 0 Å². The van der Waals surface area contributed by atoms with E-state index in [1.54, 1.807) is 0 Å². The third-order valence-corrected chi connectivity index (χ3v) is 3.63. The highest BCUT2D eigenvalue weighted by Crippen LogP contribution is 1.98. The summed E-state index contributed by atoms with van der Waals surface area (Å²) in [6.45, 7) is 2.17.